The monoisotopic (exact) mass is 285 g/mol. The third-order valence-corrected chi connectivity index (χ3v) is 4.76. The van der Waals surface area contributed by atoms with E-state index in [0.717, 1.165) is 29.2 Å². The lowest BCUT2D eigenvalue weighted by molar-refractivity contribution is 0.0697. The minimum Gasteiger partial charge on any atom is -0.478 e. The van der Waals surface area contributed by atoms with E-state index < -0.39 is 5.97 Å². The predicted molar refractivity (Wildman–Crippen MR) is 75.3 cm³/mol. The number of carbonyl (C=O) groups is 1. The summed E-state index contributed by atoms with van der Waals surface area (Å²) in [6.07, 6.45) is 3.32. The lowest BCUT2D eigenvalue weighted by atomic mass is 10.1. The van der Waals surface area contributed by atoms with Gasteiger partial charge in [-0.3, -0.25) is 4.40 Å². The lowest BCUT2D eigenvalue weighted by Crippen LogP contribution is -1.98. The minimum atomic E-state index is -0.928. The Morgan fingerprint density at radius 2 is 2.20 bits per heavy atom. The molecule has 0 bridgehead atoms. The average Bonchev–Trinajstić information content (AvgIpc) is 3.09. The fraction of sp³-hybridized carbons (Fsp3) is 0.214. The van der Waals surface area contributed by atoms with Crippen LogP contribution in [-0.4, -0.2) is 25.7 Å². The van der Waals surface area contributed by atoms with Crippen LogP contribution in [0, 0.1) is 0 Å². The highest BCUT2D eigenvalue weighted by Crippen LogP contribution is 2.33. The minimum absolute atomic E-state index is 0.270. The fourth-order valence-corrected chi connectivity index (χ4v) is 3.86. The number of benzene rings is 1. The molecule has 100 valence electrons. The van der Waals surface area contributed by atoms with E-state index in [4.69, 9.17) is 5.11 Å². The van der Waals surface area contributed by atoms with Crippen LogP contribution < -0.4 is 0 Å². The molecule has 2 heterocycles. The van der Waals surface area contributed by atoms with Crippen molar-refractivity contribution in [2.75, 3.05) is 0 Å². The van der Waals surface area contributed by atoms with Gasteiger partial charge in [-0.2, -0.15) is 0 Å². The van der Waals surface area contributed by atoms with E-state index in [0.29, 0.717) is 0 Å². The zero-order valence-electron chi connectivity index (χ0n) is 10.5. The summed E-state index contributed by atoms with van der Waals surface area (Å²) in [5, 5.41) is 17.5. The number of rotatable bonds is 2. The molecule has 5 nitrogen and oxygen atoms in total. The number of hydrogen-bond donors (Lipinski definition) is 1. The highest BCUT2D eigenvalue weighted by Gasteiger charge is 2.22. The van der Waals surface area contributed by atoms with Crippen molar-refractivity contribution in [2.24, 2.45) is 0 Å². The fourth-order valence-electron chi connectivity index (χ4n) is 2.71. The second-order valence-corrected chi connectivity index (χ2v) is 5.92. The van der Waals surface area contributed by atoms with Crippen LogP contribution in [0.25, 0.3) is 16.3 Å². The van der Waals surface area contributed by atoms with Crippen LogP contribution in [0.15, 0.2) is 24.3 Å². The summed E-state index contributed by atoms with van der Waals surface area (Å²) in [4.78, 5) is 13.4. The van der Waals surface area contributed by atoms with Gasteiger partial charge in [0.2, 0.25) is 4.96 Å². The largest absolute Gasteiger partial charge is 0.478 e. The molecule has 6 heteroatoms. The average molecular weight is 285 g/mol. The third-order valence-electron chi connectivity index (χ3n) is 3.62. The van der Waals surface area contributed by atoms with Crippen LogP contribution in [0.2, 0.25) is 0 Å². The molecule has 1 aliphatic carbocycles. The van der Waals surface area contributed by atoms with Crippen molar-refractivity contribution in [1.82, 2.24) is 14.6 Å². The molecule has 0 fully saturated rings. The Balaban J connectivity index is 1.94. The molecule has 1 N–H and O–H groups in total. The Labute approximate surface area is 118 Å². The summed E-state index contributed by atoms with van der Waals surface area (Å²) < 4.78 is 2.08. The first-order chi connectivity index (χ1) is 9.74. The Kier molecular flexibility index (Phi) is 2.40. The van der Waals surface area contributed by atoms with Gasteiger partial charge in [-0.05, 0) is 31.4 Å². The van der Waals surface area contributed by atoms with Crippen molar-refractivity contribution in [3.63, 3.8) is 0 Å². The summed E-state index contributed by atoms with van der Waals surface area (Å²) in [7, 11) is 0. The van der Waals surface area contributed by atoms with Gasteiger partial charge in [-0.1, -0.05) is 23.5 Å². The van der Waals surface area contributed by atoms with Crippen molar-refractivity contribution >= 4 is 22.3 Å². The Morgan fingerprint density at radius 1 is 1.30 bits per heavy atom. The molecule has 0 radical (unpaired) electrons. The van der Waals surface area contributed by atoms with Crippen molar-refractivity contribution in [2.45, 2.75) is 19.3 Å². The molecular weight excluding hydrogens is 274 g/mol. The number of thiazole rings is 1. The Bertz CT molecular complexity index is 834. The molecule has 1 aliphatic rings. The summed E-state index contributed by atoms with van der Waals surface area (Å²) in [6, 6.07) is 6.86. The number of carboxylic acids is 1. The van der Waals surface area contributed by atoms with Crippen LogP contribution in [-0.2, 0) is 12.8 Å². The highest BCUT2D eigenvalue weighted by molar-refractivity contribution is 7.17. The topological polar surface area (TPSA) is 67.5 Å². The third kappa shape index (κ3) is 1.58. The van der Waals surface area contributed by atoms with E-state index in [2.05, 4.69) is 14.6 Å². The first kappa shape index (κ1) is 11.6. The number of fused-ring (bicyclic) bond motifs is 3. The van der Waals surface area contributed by atoms with E-state index in [-0.39, 0.29) is 5.56 Å². The normalized spacial score (nSPS) is 13.8. The van der Waals surface area contributed by atoms with Gasteiger partial charge in [0, 0.05) is 16.1 Å². The number of hydrogen-bond acceptors (Lipinski definition) is 4. The van der Waals surface area contributed by atoms with E-state index in [1.807, 2.05) is 6.07 Å². The van der Waals surface area contributed by atoms with Gasteiger partial charge in [0.05, 0.1) is 5.56 Å². The molecule has 0 unspecified atom stereocenters. The molecule has 3 aromatic rings. The number of aromatic nitrogens is 3. The van der Waals surface area contributed by atoms with Crippen molar-refractivity contribution in [1.29, 1.82) is 0 Å². The Hall–Kier alpha value is -2.21. The molecule has 0 saturated carbocycles. The van der Waals surface area contributed by atoms with Crippen LogP contribution >= 0.6 is 11.3 Å². The van der Waals surface area contributed by atoms with Crippen molar-refractivity contribution < 1.29 is 9.90 Å². The molecule has 4 rings (SSSR count). The van der Waals surface area contributed by atoms with E-state index >= 15 is 0 Å². The van der Waals surface area contributed by atoms with Gasteiger partial charge >= 0.3 is 5.97 Å². The first-order valence-electron chi connectivity index (χ1n) is 6.43. The molecular formula is C14H11N3O2S. The summed E-state index contributed by atoms with van der Waals surface area (Å²) >= 11 is 1.69. The van der Waals surface area contributed by atoms with Crippen molar-refractivity contribution in [3.8, 4) is 11.4 Å². The number of aromatic carboxylic acids is 1. The maximum atomic E-state index is 11.1. The summed E-state index contributed by atoms with van der Waals surface area (Å²) in [5.74, 6) is -0.189. The standard InChI is InChI=1S/C14H11N3O2S/c18-13(19)9-4-1-3-8(7-9)12-15-16-14-17(12)10-5-2-6-11(10)20-14/h1,3-4,7H,2,5-6H2,(H,18,19). The van der Waals surface area contributed by atoms with Crippen LogP contribution in [0.4, 0.5) is 0 Å². The van der Waals surface area contributed by atoms with Gasteiger partial charge in [0.1, 0.15) is 0 Å². The molecule has 0 spiro atoms. The maximum Gasteiger partial charge on any atom is 0.335 e. The molecule has 1 aromatic carbocycles. The number of aryl methyl sites for hydroxylation is 2. The summed E-state index contributed by atoms with van der Waals surface area (Å²) in [6.45, 7) is 0. The highest BCUT2D eigenvalue weighted by atomic mass is 32.1. The zero-order chi connectivity index (χ0) is 13.7. The maximum absolute atomic E-state index is 11.1. The van der Waals surface area contributed by atoms with Gasteiger partial charge in [-0.25, -0.2) is 4.79 Å². The van der Waals surface area contributed by atoms with Gasteiger partial charge in [-0.15, -0.1) is 10.2 Å². The first-order valence-corrected chi connectivity index (χ1v) is 7.25. The molecule has 2 aromatic heterocycles. The van der Waals surface area contributed by atoms with Crippen LogP contribution in [0.1, 0.15) is 27.3 Å². The van der Waals surface area contributed by atoms with Crippen molar-refractivity contribution in [3.05, 3.63) is 40.4 Å². The molecule has 20 heavy (non-hydrogen) atoms. The van der Waals surface area contributed by atoms with Gasteiger partial charge in [0.25, 0.3) is 0 Å². The van der Waals surface area contributed by atoms with E-state index in [1.54, 1.807) is 29.5 Å². The SMILES string of the molecule is O=C(O)c1cccc(-c2nnc3sc4c(n23)CCC4)c1. The predicted octanol–water partition coefficient (Wildman–Crippen LogP) is 2.64. The molecule has 0 aliphatic heterocycles. The smallest absolute Gasteiger partial charge is 0.335 e. The lowest BCUT2D eigenvalue weighted by Gasteiger charge is -2.02. The number of carboxylic acid groups (broad SMARTS) is 1. The van der Waals surface area contributed by atoms with Gasteiger partial charge in [0.15, 0.2) is 5.82 Å². The molecule has 0 saturated heterocycles. The quantitative estimate of drug-likeness (QED) is 0.786. The zero-order valence-corrected chi connectivity index (χ0v) is 11.4. The Morgan fingerprint density at radius 3 is 3.05 bits per heavy atom. The molecule has 0 atom stereocenters. The van der Waals surface area contributed by atoms with Gasteiger partial charge < -0.3 is 5.11 Å². The van der Waals surface area contributed by atoms with E-state index in [1.165, 1.54) is 17.0 Å². The molecule has 0 amide bonds. The second kappa shape index (κ2) is 4.14. The second-order valence-electron chi connectivity index (χ2n) is 4.85. The van der Waals surface area contributed by atoms with Crippen LogP contribution in [0.5, 0.6) is 0 Å². The van der Waals surface area contributed by atoms with E-state index in [9.17, 15) is 4.79 Å². The van der Waals surface area contributed by atoms with Crippen LogP contribution in [0.3, 0.4) is 0 Å². The number of nitrogens with zero attached hydrogens (tertiary/aromatic N) is 3. The summed E-state index contributed by atoms with van der Waals surface area (Å²) in [5.41, 5.74) is 2.35.